The van der Waals surface area contributed by atoms with Crippen molar-refractivity contribution in [2.75, 3.05) is 13.1 Å². The third kappa shape index (κ3) is 4.33. The van der Waals surface area contributed by atoms with Gasteiger partial charge in [-0.1, -0.05) is 40.6 Å². The summed E-state index contributed by atoms with van der Waals surface area (Å²) < 4.78 is 1.68. The van der Waals surface area contributed by atoms with Gasteiger partial charge in [0, 0.05) is 29.6 Å². The third-order valence-electron chi connectivity index (χ3n) is 6.40. The second kappa shape index (κ2) is 9.02. The highest BCUT2D eigenvalue weighted by Gasteiger charge is 2.28. The summed E-state index contributed by atoms with van der Waals surface area (Å²) in [5.74, 6) is 0.438. The molecule has 1 aliphatic rings. The highest BCUT2D eigenvalue weighted by atomic mass is 35.5. The van der Waals surface area contributed by atoms with Crippen molar-refractivity contribution >= 4 is 28.7 Å². The predicted octanol–water partition coefficient (Wildman–Crippen LogP) is 3.85. The van der Waals surface area contributed by atoms with Crippen LogP contribution in [0, 0.1) is 13.8 Å². The highest BCUT2D eigenvalue weighted by Crippen LogP contribution is 2.26. The van der Waals surface area contributed by atoms with Crippen molar-refractivity contribution < 1.29 is 4.79 Å². The Morgan fingerprint density at radius 3 is 2.76 bits per heavy atom. The maximum Gasteiger partial charge on any atom is 0.281 e. The van der Waals surface area contributed by atoms with Gasteiger partial charge in [-0.3, -0.25) is 9.59 Å². The van der Waals surface area contributed by atoms with Crippen LogP contribution in [-0.4, -0.2) is 48.9 Å². The predicted molar refractivity (Wildman–Crippen MR) is 130 cm³/mol. The number of piperidine rings is 1. The Hall–Kier alpha value is -3.52. The van der Waals surface area contributed by atoms with E-state index in [2.05, 4.69) is 33.5 Å². The lowest BCUT2D eigenvalue weighted by Crippen LogP contribution is -2.40. The quantitative estimate of drug-likeness (QED) is 0.482. The Bertz CT molecular complexity index is 1430. The Balaban J connectivity index is 1.43. The lowest BCUT2D eigenvalue weighted by Gasteiger charge is -2.32. The lowest BCUT2D eigenvalue weighted by molar-refractivity contribution is 0.0704. The van der Waals surface area contributed by atoms with E-state index >= 15 is 0 Å². The molecule has 0 radical (unpaired) electrons. The molecule has 4 aromatic rings. The fraction of sp³-hybridized carbons (Fsp3) is 0.320. The van der Waals surface area contributed by atoms with E-state index < -0.39 is 0 Å². The smallest absolute Gasteiger partial charge is 0.281 e. The molecule has 0 spiro atoms. The van der Waals surface area contributed by atoms with E-state index in [1.54, 1.807) is 28.9 Å². The second-order valence-corrected chi connectivity index (χ2v) is 9.33. The number of amides is 1. The van der Waals surface area contributed by atoms with Crippen molar-refractivity contribution in [3.8, 4) is 0 Å². The summed E-state index contributed by atoms with van der Waals surface area (Å²) in [4.78, 5) is 35.3. The van der Waals surface area contributed by atoms with Crippen LogP contribution in [0.4, 0.5) is 0 Å². The van der Waals surface area contributed by atoms with E-state index in [0.717, 1.165) is 29.5 Å². The topological polar surface area (TPSA) is 96.8 Å². The number of carbonyl (C=O) groups is 1. The molecule has 9 heteroatoms. The van der Waals surface area contributed by atoms with Crippen molar-refractivity contribution in [3.05, 3.63) is 85.9 Å². The lowest BCUT2D eigenvalue weighted by atomic mass is 9.96. The fourth-order valence-electron chi connectivity index (χ4n) is 4.47. The first-order chi connectivity index (χ1) is 16.4. The van der Waals surface area contributed by atoms with E-state index in [1.165, 1.54) is 0 Å². The average Bonchev–Trinajstić information content (AvgIpc) is 3.25. The molecule has 1 amide bonds. The van der Waals surface area contributed by atoms with Crippen LogP contribution in [0.25, 0.3) is 11.2 Å². The first-order valence-electron chi connectivity index (χ1n) is 11.3. The van der Waals surface area contributed by atoms with Crippen LogP contribution >= 0.6 is 11.6 Å². The number of likely N-dealkylation sites (tertiary alicyclic amines) is 1. The van der Waals surface area contributed by atoms with Gasteiger partial charge < -0.3 is 9.88 Å². The Morgan fingerprint density at radius 2 is 1.97 bits per heavy atom. The number of nitrogens with zero attached hydrogens (tertiary/aromatic N) is 5. The molecule has 2 aromatic carbocycles. The monoisotopic (exact) mass is 476 g/mol. The summed E-state index contributed by atoms with van der Waals surface area (Å²) in [6.45, 7) is 5.72. The zero-order valence-corrected chi connectivity index (χ0v) is 19.8. The van der Waals surface area contributed by atoms with Gasteiger partial charge in [0.05, 0.1) is 6.54 Å². The molecular formula is C25H25ClN6O2. The summed E-state index contributed by atoms with van der Waals surface area (Å²) >= 11 is 5.96. The number of halogens is 1. The minimum absolute atomic E-state index is 0.0496. The summed E-state index contributed by atoms with van der Waals surface area (Å²) in [5.41, 5.74) is 4.37. The van der Waals surface area contributed by atoms with Crippen LogP contribution < -0.4 is 5.56 Å². The summed E-state index contributed by atoms with van der Waals surface area (Å²) in [7, 11) is 0. The maximum absolute atomic E-state index is 13.0. The van der Waals surface area contributed by atoms with Gasteiger partial charge in [-0.05, 0) is 62.1 Å². The third-order valence-corrected chi connectivity index (χ3v) is 6.66. The highest BCUT2D eigenvalue weighted by molar-refractivity contribution is 6.30. The number of aromatic nitrogens is 5. The maximum atomic E-state index is 13.0. The number of rotatable bonds is 4. The Kier molecular flexibility index (Phi) is 5.91. The summed E-state index contributed by atoms with van der Waals surface area (Å²) in [6.07, 6.45) is 1.66. The van der Waals surface area contributed by atoms with Crippen molar-refractivity contribution in [3.63, 3.8) is 0 Å². The molecule has 1 atom stereocenters. The van der Waals surface area contributed by atoms with Gasteiger partial charge in [0.2, 0.25) is 0 Å². The zero-order valence-electron chi connectivity index (χ0n) is 19.1. The number of hydrogen-bond acceptors (Lipinski definition) is 5. The average molecular weight is 477 g/mol. The SMILES string of the molecule is Cc1ccc(C)c(Cn2nnc3c(=O)[nH]c([C@H]4CCCN(C(=O)c5ccc(Cl)cc5)C4)nc32)c1. The van der Waals surface area contributed by atoms with E-state index in [9.17, 15) is 9.59 Å². The number of fused-ring (bicyclic) bond motifs is 1. The zero-order chi connectivity index (χ0) is 23.8. The van der Waals surface area contributed by atoms with Crippen LogP contribution in [0.1, 0.15) is 51.6 Å². The molecule has 5 rings (SSSR count). The minimum atomic E-state index is -0.312. The van der Waals surface area contributed by atoms with Gasteiger partial charge >= 0.3 is 0 Å². The number of H-pyrrole nitrogens is 1. The van der Waals surface area contributed by atoms with Gasteiger partial charge in [0.15, 0.2) is 11.2 Å². The van der Waals surface area contributed by atoms with Crippen molar-refractivity contribution in [2.24, 2.45) is 0 Å². The van der Waals surface area contributed by atoms with Gasteiger partial charge in [0.1, 0.15) is 5.82 Å². The number of hydrogen-bond donors (Lipinski definition) is 1. The molecule has 1 N–H and O–H groups in total. The Morgan fingerprint density at radius 1 is 1.18 bits per heavy atom. The molecule has 3 heterocycles. The molecule has 0 aliphatic carbocycles. The molecule has 2 aromatic heterocycles. The Labute approximate surface area is 201 Å². The van der Waals surface area contributed by atoms with Gasteiger partial charge in [0.25, 0.3) is 11.5 Å². The van der Waals surface area contributed by atoms with Crippen LogP contribution in [0.2, 0.25) is 5.02 Å². The molecule has 0 saturated carbocycles. The van der Waals surface area contributed by atoms with Gasteiger partial charge in [-0.2, -0.15) is 0 Å². The first kappa shape index (κ1) is 22.3. The van der Waals surface area contributed by atoms with E-state index in [0.29, 0.717) is 41.7 Å². The van der Waals surface area contributed by atoms with Crippen LogP contribution in [0.5, 0.6) is 0 Å². The normalized spacial score (nSPS) is 16.2. The number of aromatic amines is 1. The van der Waals surface area contributed by atoms with Crippen molar-refractivity contribution in [2.45, 2.75) is 39.2 Å². The number of benzene rings is 2. The number of aryl methyl sites for hydroxylation is 2. The fourth-order valence-corrected chi connectivity index (χ4v) is 4.60. The number of carbonyl (C=O) groups excluding carboxylic acids is 1. The largest absolute Gasteiger partial charge is 0.338 e. The standard InChI is InChI=1S/C25H25ClN6O2/c1-15-5-6-16(2)19(12-15)14-32-23-21(29-30-32)24(33)28-22(27-23)18-4-3-11-31(13-18)25(34)17-7-9-20(26)10-8-17/h5-10,12,18H,3-4,11,13-14H2,1-2H3,(H,27,28,33)/t18-/m0/s1. The molecule has 1 fully saturated rings. The first-order valence-corrected chi connectivity index (χ1v) is 11.7. The molecule has 0 bridgehead atoms. The molecule has 8 nitrogen and oxygen atoms in total. The summed E-state index contributed by atoms with van der Waals surface area (Å²) in [6, 6.07) is 13.2. The molecule has 1 saturated heterocycles. The molecule has 1 aliphatic heterocycles. The van der Waals surface area contributed by atoms with E-state index in [1.807, 2.05) is 18.7 Å². The molecule has 34 heavy (non-hydrogen) atoms. The van der Waals surface area contributed by atoms with Crippen LogP contribution in [0.3, 0.4) is 0 Å². The van der Waals surface area contributed by atoms with Crippen LogP contribution in [0.15, 0.2) is 47.3 Å². The minimum Gasteiger partial charge on any atom is -0.338 e. The van der Waals surface area contributed by atoms with Crippen molar-refractivity contribution in [1.82, 2.24) is 29.9 Å². The van der Waals surface area contributed by atoms with E-state index in [-0.39, 0.29) is 22.9 Å². The van der Waals surface area contributed by atoms with Gasteiger partial charge in [-0.15, -0.1) is 5.10 Å². The van der Waals surface area contributed by atoms with E-state index in [4.69, 9.17) is 16.6 Å². The second-order valence-electron chi connectivity index (χ2n) is 8.90. The van der Waals surface area contributed by atoms with Crippen LogP contribution in [-0.2, 0) is 6.54 Å². The number of nitrogens with one attached hydrogen (secondary N) is 1. The van der Waals surface area contributed by atoms with Crippen molar-refractivity contribution in [1.29, 1.82) is 0 Å². The molecule has 174 valence electrons. The molecule has 0 unspecified atom stereocenters. The molecular weight excluding hydrogens is 452 g/mol. The van der Waals surface area contributed by atoms with Gasteiger partial charge in [-0.25, -0.2) is 9.67 Å². The summed E-state index contributed by atoms with van der Waals surface area (Å²) in [5, 5.41) is 8.87.